The zero-order valence-corrected chi connectivity index (χ0v) is 19.6. The Balaban J connectivity index is 1.42. The zero-order chi connectivity index (χ0) is 25.1. The number of ketones is 2. The molecule has 0 spiro atoms. The van der Waals surface area contributed by atoms with Gasteiger partial charge in [0.05, 0.1) is 30.4 Å². The van der Waals surface area contributed by atoms with Gasteiger partial charge >= 0.3 is 5.97 Å². The number of carbonyl (C=O) groups excluding carboxylic acids is 4. The number of carbonyl (C=O) groups is 4. The number of hydrogen-bond acceptors (Lipinski definition) is 7. The van der Waals surface area contributed by atoms with E-state index in [0.717, 1.165) is 5.56 Å². The average Bonchev–Trinajstić information content (AvgIpc) is 2.88. The molecule has 9 heteroatoms. The molecule has 3 aromatic carbocycles. The Morgan fingerprint density at radius 3 is 2.23 bits per heavy atom. The molecule has 0 saturated heterocycles. The van der Waals surface area contributed by atoms with Crippen LogP contribution >= 0.6 is 11.6 Å². The van der Waals surface area contributed by atoms with Crippen LogP contribution in [0.5, 0.6) is 11.5 Å². The number of rotatable bonds is 7. The quantitative estimate of drug-likeness (QED) is 0.392. The van der Waals surface area contributed by atoms with Crippen molar-refractivity contribution >= 4 is 35.0 Å². The van der Waals surface area contributed by atoms with Gasteiger partial charge in [0, 0.05) is 23.2 Å². The van der Waals surface area contributed by atoms with Gasteiger partial charge in [-0.25, -0.2) is 4.79 Å². The molecule has 3 aromatic rings. The molecule has 8 nitrogen and oxygen atoms in total. The molecule has 0 bridgehead atoms. The van der Waals surface area contributed by atoms with Crippen molar-refractivity contribution in [2.45, 2.75) is 6.54 Å². The number of halogens is 1. The molecule has 0 heterocycles. The normalized spacial score (nSPS) is 11.9. The molecule has 1 aliphatic rings. The maximum absolute atomic E-state index is 13.0. The number of esters is 1. The highest BCUT2D eigenvalue weighted by molar-refractivity contribution is 6.41. The van der Waals surface area contributed by atoms with Crippen LogP contribution < -0.4 is 14.8 Å². The average molecular weight is 494 g/mol. The fourth-order valence-corrected chi connectivity index (χ4v) is 4.08. The molecular weight excluding hydrogens is 474 g/mol. The van der Waals surface area contributed by atoms with Crippen molar-refractivity contribution in [3.05, 3.63) is 93.0 Å². The number of hydrogen-bond donors (Lipinski definition) is 1. The van der Waals surface area contributed by atoms with Crippen molar-refractivity contribution in [2.24, 2.45) is 0 Å². The Kier molecular flexibility index (Phi) is 6.84. The van der Waals surface area contributed by atoms with E-state index in [2.05, 4.69) is 5.32 Å². The Morgan fingerprint density at radius 1 is 0.857 bits per heavy atom. The lowest BCUT2D eigenvalue weighted by molar-refractivity contribution is -0.124. The minimum Gasteiger partial charge on any atom is -0.493 e. The molecule has 1 aliphatic carbocycles. The van der Waals surface area contributed by atoms with Crippen molar-refractivity contribution in [1.29, 1.82) is 0 Å². The van der Waals surface area contributed by atoms with Crippen LogP contribution in [0.4, 0.5) is 0 Å². The maximum Gasteiger partial charge on any atom is 0.340 e. The summed E-state index contributed by atoms with van der Waals surface area (Å²) in [6, 6.07) is 14.3. The van der Waals surface area contributed by atoms with E-state index in [4.69, 9.17) is 25.8 Å². The van der Waals surface area contributed by atoms with Gasteiger partial charge in [0.2, 0.25) is 0 Å². The summed E-state index contributed by atoms with van der Waals surface area (Å²) in [6.07, 6.45) is 0. The van der Waals surface area contributed by atoms with E-state index in [9.17, 15) is 19.2 Å². The van der Waals surface area contributed by atoms with Gasteiger partial charge in [-0.1, -0.05) is 41.9 Å². The summed E-state index contributed by atoms with van der Waals surface area (Å²) in [5, 5.41) is 2.45. The summed E-state index contributed by atoms with van der Waals surface area (Å²) in [6.45, 7) is -0.387. The first kappa shape index (κ1) is 24.0. The summed E-state index contributed by atoms with van der Waals surface area (Å²) in [7, 11) is 3.03. The lowest BCUT2D eigenvalue weighted by Gasteiger charge is -2.19. The molecule has 0 atom stereocenters. The molecule has 0 aliphatic heterocycles. The highest BCUT2D eigenvalue weighted by Crippen LogP contribution is 2.34. The van der Waals surface area contributed by atoms with Gasteiger partial charge in [-0.2, -0.15) is 0 Å². The van der Waals surface area contributed by atoms with Crippen LogP contribution in [0.15, 0.2) is 54.6 Å². The Bertz CT molecular complexity index is 1370. The third-order valence-electron chi connectivity index (χ3n) is 5.52. The first-order valence-corrected chi connectivity index (χ1v) is 10.9. The summed E-state index contributed by atoms with van der Waals surface area (Å²) >= 11 is 6.36. The first-order valence-electron chi connectivity index (χ1n) is 10.5. The molecule has 178 valence electrons. The lowest BCUT2D eigenvalue weighted by atomic mass is 9.83. The predicted molar refractivity (Wildman–Crippen MR) is 126 cm³/mol. The van der Waals surface area contributed by atoms with E-state index < -0.39 is 24.3 Å². The fraction of sp³-hybridized carbons (Fsp3) is 0.154. The number of fused-ring (bicyclic) bond motifs is 2. The minimum absolute atomic E-state index is 0.0530. The van der Waals surface area contributed by atoms with E-state index in [0.29, 0.717) is 11.5 Å². The Hall–Kier alpha value is -4.17. The van der Waals surface area contributed by atoms with E-state index in [-0.39, 0.29) is 45.2 Å². The summed E-state index contributed by atoms with van der Waals surface area (Å²) < 4.78 is 15.5. The van der Waals surface area contributed by atoms with Crippen LogP contribution in [-0.4, -0.2) is 44.3 Å². The number of nitrogens with one attached hydrogen (secondary N) is 1. The van der Waals surface area contributed by atoms with Crippen molar-refractivity contribution in [3.8, 4) is 11.5 Å². The Morgan fingerprint density at radius 2 is 1.54 bits per heavy atom. The van der Waals surface area contributed by atoms with Gasteiger partial charge in [0.15, 0.2) is 29.7 Å². The van der Waals surface area contributed by atoms with Crippen molar-refractivity contribution in [1.82, 2.24) is 5.32 Å². The molecule has 0 unspecified atom stereocenters. The highest BCUT2D eigenvalue weighted by atomic mass is 35.5. The van der Waals surface area contributed by atoms with E-state index in [1.54, 1.807) is 36.4 Å². The Labute approximate surface area is 205 Å². The monoisotopic (exact) mass is 493 g/mol. The number of benzene rings is 3. The lowest BCUT2D eigenvalue weighted by Crippen LogP contribution is -2.28. The van der Waals surface area contributed by atoms with E-state index in [1.807, 2.05) is 0 Å². The largest absolute Gasteiger partial charge is 0.493 e. The number of amides is 1. The topological polar surface area (TPSA) is 108 Å². The molecule has 35 heavy (non-hydrogen) atoms. The summed E-state index contributed by atoms with van der Waals surface area (Å²) in [5.41, 5.74) is 1.20. The third-order valence-corrected chi connectivity index (χ3v) is 5.91. The molecule has 0 saturated carbocycles. The van der Waals surface area contributed by atoms with E-state index in [1.165, 1.54) is 32.4 Å². The summed E-state index contributed by atoms with van der Waals surface area (Å²) in [4.78, 5) is 50.5. The zero-order valence-electron chi connectivity index (χ0n) is 18.8. The van der Waals surface area contributed by atoms with Crippen molar-refractivity contribution in [2.75, 3.05) is 20.8 Å². The molecule has 1 N–H and O–H groups in total. The molecule has 1 amide bonds. The number of methoxy groups -OCH3 is 2. The van der Waals surface area contributed by atoms with Crippen molar-refractivity contribution in [3.63, 3.8) is 0 Å². The first-order chi connectivity index (χ1) is 16.8. The van der Waals surface area contributed by atoms with Crippen molar-refractivity contribution < 1.29 is 33.4 Å². The molecule has 0 radical (unpaired) electrons. The molecular formula is C26H20ClNO7. The van der Waals surface area contributed by atoms with Gasteiger partial charge in [-0.15, -0.1) is 0 Å². The second-order valence-corrected chi connectivity index (χ2v) is 7.97. The van der Waals surface area contributed by atoms with Crippen LogP contribution in [0.3, 0.4) is 0 Å². The van der Waals surface area contributed by atoms with Crippen LogP contribution in [0.25, 0.3) is 0 Å². The third kappa shape index (κ3) is 4.61. The second-order valence-electron chi connectivity index (χ2n) is 7.60. The van der Waals surface area contributed by atoms with Gasteiger partial charge in [-0.3, -0.25) is 14.4 Å². The second kappa shape index (κ2) is 9.99. The van der Waals surface area contributed by atoms with Crippen LogP contribution in [-0.2, 0) is 16.1 Å². The smallest absolute Gasteiger partial charge is 0.340 e. The maximum atomic E-state index is 13.0. The standard InChI is InChI=1S/C26H20ClNO7/c1-33-19-10-7-14(11-20(19)34-2)12-28-21(29)13-35-26(32)18-9-8-17-22(23(18)27)25(31)16-6-4-3-5-15(16)24(17)30/h3-11H,12-13H2,1-2H3,(H,28,29). The van der Waals surface area contributed by atoms with Crippen LogP contribution in [0.2, 0.25) is 5.02 Å². The van der Waals surface area contributed by atoms with Gasteiger partial charge < -0.3 is 19.5 Å². The predicted octanol–water partition coefficient (Wildman–Crippen LogP) is 3.61. The fourth-order valence-electron chi connectivity index (χ4n) is 3.75. The SMILES string of the molecule is COc1ccc(CNC(=O)COC(=O)c2ccc3c(c2Cl)C(=O)c2ccccc2C3=O)cc1OC. The van der Waals surface area contributed by atoms with Crippen LogP contribution in [0.1, 0.15) is 47.8 Å². The molecule has 0 fully saturated rings. The number of ether oxygens (including phenoxy) is 3. The summed E-state index contributed by atoms with van der Waals surface area (Å²) in [5.74, 6) is -1.17. The molecule has 0 aromatic heterocycles. The highest BCUT2D eigenvalue weighted by Gasteiger charge is 2.33. The van der Waals surface area contributed by atoms with Crippen LogP contribution in [0, 0.1) is 0 Å². The van der Waals surface area contributed by atoms with Gasteiger partial charge in [-0.05, 0) is 29.8 Å². The van der Waals surface area contributed by atoms with Gasteiger partial charge in [0.25, 0.3) is 5.91 Å². The molecule has 4 rings (SSSR count). The van der Waals surface area contributed by atoms with Gasteiger partial charge in [0.1, 0.15) is 0 Å². The minimum atomic E-state index is -0.891. The van der Waals surface area contributed by atoms with E-state index >= 15 is 0 Å².